The first-order chi connectivity index (χ1) is 5.87. The van der Waals surface area contributed by atoms with Gasteiger partial charge in [0.05, 0.1) is 5.60 Å². The van der Waals surface area contributed by atoms with Crippen LogP contribution in [0.15, 0.2) is 12.2 Å². The Bertz CT molecular complexity index is 266. The fraction of sp³-hybridized carbons (Fsp3) is 0.833. The van der Waals surface area contributed by atoms with Crippen molar-refractivity contribution in [1.82, 2.24) is 0 Å². The Morgan fingerprint density at radius 2 is 2.00 bits per heavy atom. The highest BCUT2D eigenvalue weighted by atomic mass is 16.3. The molecule has 0 aliphatic heterocycles. The molecule has 13 heavy (non-hydrogen) atoms. The molecular weight excluding hydrogens is 160 g/mol. The van der Waals surface area contributed by atoms with Gasteiger partial charge in [-0.3, -0.25) is 0 Å². The number of fused-ring (bicyclic) bond motifs is 2. The number of aliphatic hydroxyl groups is 1. The van der Waals surface area contributed by atoms with E-state index in [1.165, 1.54) is 0 Å². The van der Waals surface area contributed by atoms with Crippen LogP contribution in [0.1, 0.15) is 40.5 Å². The van der Waals surface area contributed by atoms with E-state index in [2.05, 4.69) is 39.8 Å². The lowest BCUT2D eigenvalue weighted by Crippen LogP contribution is -2.51. The predicted molar refractivity (Wildman–Crippen MR) is 54.4 cm³/mol. The summed E-state index contributed by atoms with van der Waals surface area (Å²) >= 11 is 0. The lowest BCUT2D eigenvalue weighted by Gasteiger charge is -2.48. The Labute approximate surface area is 80.8 Å². The molecule has 2 aliphatic rings. The van der Waals surface area contributed by atoms with Crippen molar-refractivity contribution in [2.75, 3.05) is 0 Å². The van der Waals surface area contributed by atoms with E-state index >= 15 is 0 Å². The highest BCUT2D eigenvalue weighted by Crippen LogP contribution is 2.65. The van der Waals surface area contributed by atoms with Crippen LogP contribution in [0.4, 0.5) is 0 Å². The zero-order chi connectivity index (χ0) is 9.91. The molecule has 1 fully saturated rings. The van der Waals surface area contributed by atoms with Crippen molar-refractivity contribution < 1.29 is 5.11 Å². The predicted octanol–water partition coefficient (Wildman–Crippen LogP) is 2.75. The molecule has 2 aliphatic carbocycles. The maximum absolute atomic E-state index is 10.7. The molecule has 0 amide bonds. The number of rotatable bonds is 1. The van der Waals surface area contributed by atoms with E-state index in [1.54, 1.807) is 0 Å². The number of allylic oxidation sites excluding steroid dienone is 1. The first kappa shape index (κ1) is 9.26. The molecule has 2 bridgehead atoms. The molecule has 0 heterocycles. The molecule has 0 spiro atoms. The summed E-state index contributed by atoms with van der Waals surface area (Å²) in [5.74, 6) is 0.572. The Kier molecular flexibility index (Phi) is 1.56. The van der Waals surface area contributed by atoms with Crippen molar-refractivity contribution in [2.24, 2.45) is 16.7 Å². The third-order valence-electron chi connectivity index (χ3n) is 4.79. The van der Waals surface area contributed by atoms with Crippen LogP contribution >= 0.6 is 0 Å². The van der Waals surface area contributed by atoms with Crippen molar-refractivity contribution in [3.05, 3.63) is 12.2 Å². The highest BCUT2D eigenvalue weighted by molar-refractivity contribution is 5.29. The molecule has 2 rings (SSSR count). The van der Waals surface area contributed by atoms with E-state index in [1.807, 2.05) is 0 Å². The number of hydrogen-bond acceptors (Lipinski definition) is 1. The molecule has 0 radical (unpaired) electrons. The monoisotopic (exact) mass is 180 g/mol. The highest BCUT2D eigenvalue weighted by Gasteiger charge is 2.65. The summed E-state index contributed by atoms with van der Waals surface area (Å²) in [4.78, 5) is 0. The zero-order valence-corrected chi connectivity index (χ0v) is 9.09. The molecule has 0 aromatic carbocycles. The van der Waals surface area contributed by atoms with Crippen LogP contribution in [-0.4, -0.2) is 10.7 Å². The van der Waals surface area contributed by atoms with Crippen LogP contribution in [0, 0.1) is 16.7 Å². The van der Waals surface area contributed by atoms with Gasteiger partial charge in [-0.1, -0.05) is 39.8 Å². The van der Waals surface area contributed by atoms with Crippen molar-refractivity contribution >= 4 is 0 Å². The first-order valence-electron chi connectivity index (χ1n) is 5.29. The molecule has 2 unspecified atom stereocenters. The minimum atomic E-state index is -0.501. The van der Waals surface area contributed by atoms with Crippen LogP contribution in [0.3, 0.4) is 0 Å². The second kappa shape index (κ2) is 2.20. The van der Waals surface area contributed by atoms with E-state index in [4.69, 9.17) is 0 Å². The summed E-state index contributed by atoms with van der Waals surface area (Å²) < 4.78 is 0. The molecular formula is C12H20O. The average Bonchev–Trinajstić information content (AvgIpc) is 2.51. The largest absolute Gasteiger partial charge is 0.388 e. The minimum Gasteiger partial charge on any atom is -0.388 e. The smallest absolute Gasteiger partial charge is 0.0789 e. The van der Waals surface area contributed by atoms with E-state index in [0.29, 0.717) is 5.92 Å². The Morgan fingerprint density at radius 3 is 2.31 bits per heavy atom. The van der Waals surface area contributed by atoms with Crippen LogP contribution < -0.4 is 0 Å². The van der Waals surface area contributed by atoms with Gasteiger partial charge in [-0.05, 0) is 18.8 Å². The van der Waals surface area contributed by atoms with Gasteiger partial charge < -0.3 is 5.11 Å². The Hall–Kier alpha value is -0.300. The fourth-order valence-electron chi connectivity index (χ4n) is 3.63. The first-order valence-corrected chi connectivity index (χ1v) is 5.29. The van der Waals surface area contributed by atoms with Crippen molar-refractivity contribution in [2.45, 2.75) is 46.1 Å². The normalized spacial score (nSPS) is 51.6. The van der Waals surface area contributed by atoms with Gasteiger partial charge in [0.15, 0.2) is 0 Å². The van der Waals surface area contributed by atoms with E-state index in [0.717, 1.165) is 12.8 Å². The molecule has 74 valence electrons. The maximum Gasteiger partial charge on any atom is 0.0789 e. The summed E-state index contributed by atoms with van der Waals surface area (Å²) in [7, 11) is 0. The lowest BCUT2D eigenvalue weighted by molar-refractivity contribution is -0.111. The van der Waals surface area contributed by atoms with E-state index in [9.17, 15) is 5.11 Å². The SMILES string of the molecule is CCC1(O)C(C)(C)C2C=C[C@@]1(C)C2. The van der Waals surface area contributed by atoms with Crippen LogP contribution in [-0.2, 0) is 0 Å². The van der Waals surface area contributed by atoms with Crippen molar-refractivity contribution in [3.63, 3.8) is 0 Å². The average molecular weight is 180 g/mol. The summed E-state index contributed by atoms with van der Waals surface area (Å²) in [5, 5.41) is 10.7. The van der Waals surface area contributed by atoms with Gasteiger partial charge in [0.25, 0.3) is 0 Å². The molecule has 1 saturated carbocycles. The molecule has 1 heteroatoms. The van der Waals surface area contributed by atoms with E-state index in [-0.39, 0.29) is 10.8 Å². The molecule has 0 saturated heterocycles. The topological polar surface area (TPSA) is 20.2 Å². The quantitative estimate of drug-likeness (QED) is 0.615. The van der Waals surface area contributed by atoms with E-state index < -0.39 is 5.60 Å². The second-order valence-electron chi connectivity index (χ2n) is 5.52. The van der Waals surface area contributed by atoms with Gasteiger partial charge in [0, 0.05) is 10.8 Å². The third kappa shape index (κ3) is 0.775. The van der Waals surface area contributed by atoms with Gasteiger partial charge in [-0.25, -0.2) is 0 Å². The zero-order valence-electron chi connectivity index (χ0n) is 9.09. The van der Waals surface area contributed by atoms with Gasteiger partial charge in [0.1, 0.15) is 0 Å². The van der Waals surface area contributed by atoms with Crippen LogP contribution in [0.25, 0.3) is 0 Å². The molecule has 3 atom stereocenters. The van der Waals surface area contributed by atoms with Crippen LogP contribution in [0.5, 0.6) is 0 Å². The maximum atomic E-state index is 10.7. The fourth-order valence-corrected chi connectivity index (χ4v) is 3.63. The molecule has 0 aromatic rings. The summed E-state index contributed by atoms with van der Waals surface area (Å²) in [6.45, 7) is 8.70. The summed E-state index contributed by atoms with van der Waals surface area (Å²) in [5.41, 5.74) is -0.430. The molecule has 1 nitrogen and oxygen atoms in total. The second-order valence-corrected chi connectivity index (χ2v) is 5.52. The standard InChI is InChI=1S/C12H20O/c1-5-12(13)10(2,3)9-6-7-11(12,4)8-9/h6-7,9,13H,5,8H2,1-4H3/t9?,11-,12?/m0/s1. The lowest BCUT2D eigenvalue weighted by atomic mass is 9.62. The Morgan fingerprint density at radius 1 is 1.38 bits per heavy atom. The van der Waals surface area contributed by atoms with Gasteiger partial charge in [-0.2, -0.15) is 0 Å². The third-order valence-corrected chi connectivity index (χ3v) is 4.79. The van der Waals surface area contributed by atoms with Gasteiger partial charge in [0.2, 0.25) is 0 Å². The van der Waals surface area contributed by atoms with Gasteiger partial charge >= 0.3 is 0 Å². The Balaban J connectivity index is 2.52. The molecule has 0 aromatic heterocycles. The summed E-state index contributed by atoms with van der Waals surface area (Å²) in [6, 6.07) is 0. The van der Waals surface area contributed by atoms with Crippen molar-refractivity contribution in [3.8, 4) is 0 Å². The summed E-state index contributed by atoms with van der Waals surface area (Å²) in [6.07, 6.45) is 6.51. The van der Waals surface area contributed by atoms with Crippen molar-refractivity contribution in [1.29, 1.82) is 0 Å². The van der Waals surface area contributed by atoms with Gasteiger partial charge in [-0.15, -0.1) is 0 Å². The number of hydrogen-bond donors (Lipinski definition) is 1. The minimum absolute atomic E-state index is 0.0237. The van der Waals surface area contributed by atoms with Crippen LogP contribution in [0.2, 0.25) is 0 Å². The molecule has 1 N–H and O–H groups in total.